The SMILES string of the molecule is C=C(C)c1cnc(F)c(CC#N)c1. The van der Waals surface area contributed by atoms with Gasteiger partial charge in [0.1, 0.15) is 0 Å². The maximum Gasteiger partial charge on any atom is 0.217 e. The first-order chi connectivity index (χ1) is 6.15. The Kier molecular flexibility index (Phi) is 2.76. The van der Waals surface area contributed by atoms with Crippen molar-refractivity contribution in [1.82, 2.24) is 4.98 Å². The summed E-state index contributed by atoms with van der Waals surface area (Å²) in [5.41, 5.74) is 1.90. The molecule has 0 saturated carbocycles. The second-order valence-electron chi connectivity index (χ2n) is 2.79. The molecule has 0 fully saturated rings. The van der Waals surface area contributed by atoms with Crippen LogP contribution in [0.4, 0.5) is 4.39 Å². The summed E-state index contributed by atoms with van der Waals surface area (Å²) < 4.78 is 12.9. The average molecular weight is 176 g/mol. The van der Waals surface area contributed by atoms with Gasteiger partial charge < -0.3 is 0 Å². The lowest BCUT2D eigenvalue weighted by molar-refractivity contribution is 0.571. The van der Waals surface area contributed by atoms with Crippen LogP contribution in [0.1, 0.15) is 18.1 Å². The van der Waals surface area contributed by atoms with Crippen molar-refractivity contribution in [3.63, 3.8) is 0 Å². The Bertz CT molecular complexity index is 377. The number of allylic oxidation sites excluding steroid dienone is 1. The van der Waals surface area contributed by atoms with Gasteiger partial charge in [0.2, 0.25) is 5.95 Å². The Morgan fingerprint density at radius 2 is 2.46 bits per heavy atom. The van der Waals surface area contributed by atoms with Crippen LogP contribution < -0.4 is 0 Å². The van der Waals surface area contributed by atoms with Crippen molar-refractivity contribution in [2.24, 2.45) is 0 Å². The highest BCUT2D eigenvalue weighted by Crippen LogP contribution is 2.14. The summed E-state index contributed by atoms with van der Waals surface area (Å²) in [7, 11) is 0. The van der Waals surface area contributed by atoms with Gasteiger partial charge in [-0.3, -0.25) is 0 Å². The van der Waals surface area contributed by atoms with Gasteiger partial charge in [0.15, 0.2) is 0 Å². The zero-order valence-electron chi connectivity index (χ0n) is 7.34. The van der Waals surface area contributed by atoms with Gasteiger partial charge in [-0.25, -0.2) is 4.98 Å². The highest BCUT2D eigenvalue weighted by atomic mass is 19.1. The lowest BCUT2D eigenvalue weighted by Crippen LogP contribution is -1.94. The molecule has 13 heavy (non-hydrogen) atoms. The second-order valence-corrected chi connectivity index (χ2v) is 2.79. The van der Waals surface area contributed by atoms with Crippen molar-refractivity contribution in [2.45, 2.75) is 13.3 Å². The molecule has 0 aliphatic heterocycles. The van der Waals surface area contributed by atoms with Gasteiger partial charge in [0.05, 0.1) is 12.5 Å². The van der Waals surface area contributed by atoms with Crippen LogP contribution in [0.3, 0.4) is 0 Å². The van der Waals surface area contributed by atoms with E-state index in [4.69, 9.17) is 5.26 Å². The lowest BCUT2D eigenvalue weighted by atomic mass is 10.1. The van der Waals surface area contributed by atoms with Crippen LogP contribution in [0.2, 0.25) is 0 Å². The molecule has 0 radical (unpaired) electrons. The molecular formula is C10H9FN2. The van der Waals surface area contributed by atoms with Crippen molar-refractivity contribution < 1.29 is 4.39 Å². The van der Waals surface area contributed by atoms with Crippen molar-refractivity contribution in [3.05, 3.63) is 35.9 Å². The van der Waals surface area contributed by atoms with Crippen LogP contribution >= 0.6 is 0 Å². The maximum absolute atomic E-state index is 12.9. The normalized spacial score (nSPS) is 9.31. The van der Waals surface area contributed by atoms with Crippen LogP contribution in [-0.2, 0) is 6.42 Å². The minimum atomic E-state index is -0.577. The molecule has 0 aliphatic rings. The van der Waals surface area contributed by atoms with Crippen LogP contribution in [0.5, 0.6) is 0 Å². The topological polar surface area (TPSA) is 36.7 Å². The Balaban J connectivity index is 3.12. The fraction of sp³-hybridized carbons (Fsp3) is 0.200. The third kappa shape index (κ3) is 2.12. The number of nitrogens with zero attached hydrogens (tertiary/aromatic N) is 2. The Morgan fingerprint density at radius 3 is 3.00 bits per heavy atom. The molecule has 0 aliphatic carbocycles. The van der Waals surface area contributed by atoms with E-state index in [2.05, 4.69) is 11.6 Å². The maximum atomic E-state index is 12.9. The van der Waals surface area contributed by atoms with Gasteiger partial charge >= 0.3 is 0 Å². The fourth-order valence-corrected chi connectivity index (χ4v) is 0.936. The lowest BCUT2D eigenvalue weighted by Gasteiger charge is -2.01. The van der Waals surface area contributed by atoms with E-state index in [0.29, 0.717) is 5.56 Å². The van der Waals surface area contributed by atoms with E-state index in [1.54, 1.807) is 6.07 Å². The van der Waals surface area contributed by atoms with Crippen molar-refractivity contribution >= 4 is 5.57 Å². The van der Waals surface area contributed by atoms with Crippen LogP contribution in [-0.4, -0.2) is 4.98 Å². The summed E-state index contributed by atoms with van der Waals surface area (Å²) in [5, 5.41) is 8.41. The zero-order valence-corrected chi connectivity index (χ0v) is 7.34. The van der Waals surface area contributed by atoms with Gasteiger partial charge in [-0.1, -0.05) is 6.58 Å². The number of hydrogen-bond acceptors (Lipinski definition) is 2. The zero-order chi connectivity index (χ0) is 9.84. The number of nitriles is 1. The Labute approximate surface area is 76.3 Å². The second kappa shape index (κ2) is 3.81. The van der Waals surface area contributed by atoms with E-state index in [1.807, 2.05) is 13.0 Å². The predicted octanol–water partition coefficient (Wildman–Crippen LogP) is 2.32. The van der Waals surface area contributed by atoms with E-state index in [-0.39, 0.29) is 6.42 Å². The number of aromatic nitrogens is 1. The van der Waals surface area contributed by atoms with Crippen LogP contribution in [0.25, 0.3) is 5.57 Å². The molecule has 1 aromatic rings. The molecule has 1 aromatic heterocycles. The van der Waals surface area contributed by atoms with Gasteiger partial charge in [0.25, 0.3) is 0 Å². The fourth-order valence-electron chi connectivity index (χ4n) is 0.936. The largest absolute Gasteiger partial charge is 0.227 e. The molecule has 1 rings (SSSR count). The summed E-state index contributed by atoms with van der Waals surface area (Å²) in [4.78, 5) is 3.54. The Hall–Kier alpha value is -1.69. The number of hydrogen-bond donors (Lipinski definition) is 0. The monoisotopic (exact) mass is 176 g/mol. The van der Waals surface area contributed by atoms with Gasteiger partial charge in [-0.2, -0.15) is 9.65 Å². The molecule has 0 bridgehead atoms. The van der Waals surface area contributed by atoms with Crippen molar-refractivity contribution in [3.8, 4) is 6.07 Å². The molecule has 0 saturated heterocycles. The number of halogens is 1. The molecule has 0 atom stereocenters. The highest BCUT2D eigenvalue weighted by molar-refractivity contribution is 5.60. The number of rotatable bonds is 2. The van der Waals surface area contributed by atoms with E-state index >= 15 is 0 Å². The summed E-state index contributed by atoms with van der Waals surface area (Å²) in [6, 6.07) is 3.49. The highest BCUT2D eigenvalue weighted by Gasteiger charge is 2.04. The first-order valence-electron chi connectivity index (χ1n) is 3.82. The molecule has 0 aromatic carbocycles. The number of pyridine rings is 1. The minimum absolute atomic E-state index is 0.0416. The standard InChI is InChI=1S/C10H9FN2/c1-7(2)9-5-8(3-4-12)10(11)13-6-9/h5-6H,1,3H2,2H3. The van der Waals surface area contributed by atoms with Gasteiger partial charge in [0, 0.05) is 11.8 Å². The molecule has 0 spiro atoms. The molecular weight excluding hydrogens is 167 g/mol. The first kappa shape index (κ1) is 9.40. The molecule has 0 unspecified atom stereocenters. The van der Waals surface area contributed by atoms with Gasteiger partial charge in [-0.05, 0) is 24.1 Å². The minimum Gasteiger partial charge on any atom is -0.227 e. The third-order valence-corrected chi connectivity index (χ3v) is 1.67. The smallest absolute Gasteiger partial charge is 0.217 e. The summed E-state index contributed by atoms with van der Waals surface area (Å²) in [6.45, 7) is 5.52. The van der Waals surface area contributed by atoms with E-state index in [1.165, 1.54) is 6.20 Å². The van der Waals surface area contributed by atoms with Crippen LogP contribution in [0.15, 0.2) is 18.8 Å². The predicted molar refractivity (Wildman–Crippen MR) is 48.2 cm³/mol. The summed E-state index contributed by atoms with van der Waals surface area (Å²) in [6.07, 6.45) is 1.46. The van der Waals surface area contributed by atoms with E-state index in [0.717, 1.165) is 11.1 Å². The molecule has 3 heteroatoms. The molecule has 1 heterocycles. The van der Waals surface area contributed by atoms with Crippen molar-refractivity contribution in [1.29, 1.82) is 5.26 Å². The average Bonchev–Trinajstić information content (AvgIpc) is 2.08. The summed E-state index contributed by atoms with van der Waals surface area (Å²) >= 11 is 0. The molecule has 0 amide bonds. The first-order valence-corrected chi connectivity index (χ1v) is 3.82. The van der Waals surface area contributed by atoms with Crippen LogP contribution in [0, 0.1) is 17.3 Å². The molecule has 66 valence electrons. The van der Waals surface area contributed by atoms with Crippen molar-refractivity contribution in [2.75, 3.05) is 0 Å². The molecule has 0 N–H and O–H groups in total. The van der Waals surface area contributed by atoms with Gasteiger partial charge in [-0.15, -0.1) is 0 Å². The van der Waals surface area contributed by atoms with E-state index in [9.17, 15) is 4.39 Å². The summed E-state index contributed by atoms with van der Waals surface area (Å²) in [5.74, 6) is -0.577. The Morgan fingerprint density at radius 1 is 1.77 bits per heavy atom. The third-order valence-electron chi connectivity index (χ3n) is 1.67. The molecule has 2 nitrogen and oxygen atoms in total. The quantitative estimate of drug-likeness (QED) is 0.648. The van der Waals surface area contributed by atoms with E-state index < -0.39 is 5.95 Å².